The van der Waals surface area contributed by atoms with Gasteiger partial charge in [-0.15, -0.1) is 0 Å². The quantitative estimate of drug-likeness (QED) is 0.642. The summed E-state index contributed by atoms with van der Waals surface area (Å²) in [5.74, 6) is -1.19. The van der Waals surface area contributed by atoms with Crippen molar-refractivity contribution in [1.29, 1.82) is 0 Å². The summed E-state index contributed by atoms with van der Waals surface area (Å²) in [5.41, 5.74) is 4.51. The number of anilines is 4. The average Bonchev–Trinajstić information content (AvgIpc) is 2.68. The van der Waals surface area contributed by atoms with Crippen LogP contribution in [0.25, 0.3) is 0 Å². The predicted molar refractivity (Wildman–Crippen MR) is 108 cm³/mol. The Hall–Kier alpha value is -2.90. The number of carbonyl (C=O) groups excluding carboxylic acids is 1. The van der Waals surface area contributed by atoms with E-state index >= 15 is 0 Å². The highest BCUT2D eigenvalue weighted by molar-refractivity contribution is 5.93. The minimum absolute atomic E-state index is 0.0810. The summed E-state index contributed by atoms with van der Waals surface area (Å²) in [6.07, 6.45) is -3.81. The van der Waals surface area contributed by atoms with Crippen LogP contribution in [0.15, 0.2) is 42.5 Å². The van der Waals surface area contributed by atoms with Crippen molar-refractivity contribution in [3.8, 4) is 0 Å². The van der Waals surface area contributed by atoms with Gasteiger partial charge in [0, 0.05) is 35.8 Å². The average molecular weight is 404 g/mol. The van der Waals surface area contributed by atoms with Crippen molar-refractivity contribution >= 4 is 28.8 Å². The molecule has 0 bridgehead atoms. The number of halogens is 3. The Kier molecular flexibility index (Phi) is 5.02. The fraction of sp³-hybridized carbons (Fsp3) is 0.381. The first-order valence-electron chi connectivity index (χ1n) is 9.70. The molecule has 2 amide bonds. The number of urea groups is 1. The van der Waals surface area contributed by atoms with E-state index < -0.39 is 12.1 Å². The van der Waals surface area contributed by atoms with Gasteiger partial charge in [-0.2, -0.15) is 13.2 Å². The van der Waals surface area contributed by atoms with Crippen LogP contribution in [0.1, 0.15) is 31.4 Å². The molecule has 1 fully saturated rings. The van der Waals surface area contributed by atoms with Gasteiger partial charge in [0.1, 0.15) is 0 Å². The maximum Gasteiger partial charge on any atom is 0.391 e. The fourth-order valence-electron chi connectivity index (χ4n) is 3.93. The second-order valence-electron chi connectivity index (χ2n) is 7.60. The minimum atomic E-state index is -4.09. The zero-order valence-electron chi connectivity index (χ0n) is 16.0. The lowest BCUT2D eigenvalue weighted by atomic mass is 9.96. The van der Waals surface area contributed by atoms with Gasteiger partial charge in [-0.1, -0.05) is 0 Å². The first-order chi connectivity index (χ1) is 13.8. The molecule has 0 aliphatic carbocycles. The number of fused-ring (bicyclic) bond motifs is 1. The standard InChI is InChI=1S/C21H23F3N4O/c1-13-18-12-16(4-7-19(18)27-20(29)25-13)26-15-2-5-17(6-3-15)28-10-8-14(9-11-28)21(22,23)24/h2-7,12-14,26H,8-11H2,1H3,(H2,25,27,29). The number of hydrogen-bond donors (Lipinski definition) is 3. The molecule has 2 aromatic carbocycles. The van der Waals surface area contributed by atoms with Crippen molar-refractivity contribution in [3.05, 3.63) is 48.0 Å². The lowest BCUT2D eigenvalue weighted by Crippen LogP contribution is -2.38. The number of nitrogens with one attached hydrogen (secondary N) is 3. The maximum atomic E-state index is 12.8. The molecule has 1 unspecified atom stereocenters. The third-order valence-electron chi connectivity index (χ3n) is 5.59. The Morgan fingerprint density at radius 3 is 2.34 bits per heavy atom. The second-order valence-corrected chi connectivity index (χ2v) is 7.60. The molecular formula is C21H23F3N4O. The Morgan fingerprint density at radius 1 is 1.03 bits per heavy atom. The van der Waals surface area contributed by atoms with Crippen molar-refractivity contribution in [1.82, 2.24) is 5.32 Å². The molecule has 3 N–H and O–H groups in total. The fourth-order valence-corrected chi connectivity index (χ4v) is 3.93. The number of alkyl halides is 3. The molecule has 2 aliphatic rings. The Labute approximate surface area is 167 Å². The van der Waals surface area contributed by atoms with Crippen LogP contribution in [0.5, 0.6) is 0 Å². The summed E-state index contributed by atoms with van der Waals surface area (Å²) in [7, 11) is 0. The van der Waals surface area contributed by atoms with E-state index in [1.807, 2.05) is 54.3 Å². The number of amides is 2. The topological polar surface area (TPSA) is 56.4 Å². The predicted octanol–water partition coefficient (Wildman–Crippen LogP) is 5.41. The van der Waals surface area contributed by atoms with Gasteiger partial charge in [-0.25, -0.2) is 4.79 Å². The molecule has 2 aliphatic heterocycles. The van der Waals surface area contributed by atoms with E-state index in [2.05, 4.69) is 16.0 Å². The second kappa shape index (κ2) is 7.50. The number of nitrogens with zero attached hydrogens (tertiary/aromatic N) is 1. The zero-order valence-corrected chi connectivity index (χ0v) is 16.0. The van der Waals surface area contributed by atoms with Crippen LogP contribution < -0.4 is 20.9 Å². The molecule has 0 aromatic heterocycles. The molecule has 1 atom stereocenters. The molecule has 2 aromatic rings. The molecule has 2 heterocycles. The number of piperidine rings is 1. The molecule has 8 heteroatoms. The van der Waals surface area contributed by atoms with E-state index in [1.54, 1.807) is 0 Å². The molecule has 1 saturated heterocycles. The Morgan fingerprint density at radius 2 is 1.69 bits per heavy atom. The molecule has 154 valence electrons. The van der Waals surface area contributed by atoms with Crippen LogP contribution in [0.2, 0.25) is 0 Å². The van der Waals surface area contributed by atoms with Gasteiger partial charge < -0.3 is 20.9 Å². The Balaban J connectivity index is 1.41. The van der Waals surface area contributed by atoms with Crippen molar-refractivity contribution in [2.24, 2.45) is 5.92 Å². The largest absolute Gasteiger partial charge is 0.391 e. The lowest BCUT2D eigenvalue weighted by molar-refractivity contribution is -0.179. The first-order valence-corrected chi connectivity index (χ1v) is 9.70. The van der Waals surface area contributed by atoms with Gasteiger partial charge in [0.25, 0.3) is 0 Å². The highest BCUT2D eigenvalue weighted by Crippen LogP contribution is 2.36. The summed E-state index contributed by atoms with van der Waals surface area (Å²) in [6, 6.07) is 13.2. The van der Waals surface area contributed by atoms with Crippen LogP contribution in [-0.2, 0) is 0 Å². The van der Waals surface area contributed by atoms with Crippen LogP contribution in [0.4, 0.5) is 40.7 Å². The number of carbonyl (C=O) groups is 1. The smallest absolute Gasteiger partial charge is 0.372 e. The van der Waals surface area contributed by atoms with Crippen LogP contribution in [0.3, 0.4) is 0 Å². The summed E-state index contributed by atoms with van der Waals surface area (Å²) in [4.78, 5) is 13.5. The molecule has 0 spiro atoms. The molecule has 0 radical (unpaired) electrons. The molecule has 5 nitrogen and oxygen atoms in total. The van der Waals surface area contributed by atoms with Crippen LogP contribution in [-0.4, -0.2) is 25.3 Å². The van der Waals surface area contributed by atoms with Crippen molar-refractivity contribution < 1.29 is 18.0 Å². The maximum absolute atomic E-state index is 12.8. The van der Waals surface area contributed by atoms with Crippen molar-refractivity contribution in [2.75, 3.05) is 28.6 Å². The Bertz CT molecular complexity index is 890. The monoisotopic (exact) mass is 404 g/mol. The van der Waals surface area contributed by atoms with Crippen LogP contribution in [0, 0.1) is 5.92 Å². The van der Waals surface area contributed by atoms with E-state index in [0.717, 1.165) is 28.3 Å². The highest BCUT2D eigenvalue weighted by Gasteiger charge is 2.41. The minimum Gasteiger partial charge on any atom is -0.372 e. The van der Waals surface area contributed by atoms with Crippen molar-refractivity contribution in [2.45, 2.75) is 32.0 Å². The van der Waals surface area contributed by atoms with Gasteiger partial charge in [-0.3, -0.25) is 0 Å². The number of hydrogen-bond acceptors (Lipinski definition) is 3. The number of rotatable bonds is 3. The summed E-state index contributed by atoms with van der Waals surface area (Å²) in [5, 5.41) is 8.95. The van der Waals surface area contributed by atoms with E-state index in [-0.39, 0.29) is 24.9 Å². The third-order valence-corrected chi connectivity index (χ3v) is 5.59. The van der Waals surface area contributed by atoms with E-state index in [4.69, 9.17) is 0 Å². The summed E-state index contributed by atoms with van der Waals surface area (Å²) < 4.78 is 38.5. The third kappa shape index (κ3) is 4.26. The van der Waals surface area contributed by atoms with E-state index in [1.165, 1.54) is 0 Å². The first kappa shape index (κ1) is 19.4. The summed E-state index contributed by atoms with van der Waals surface area (Å²) >= 11 is 0. The zero-order chi connectivity index (χ0) is 20.6. The van der Waals surface area contributed by atoms with E-state index in [0.29, 0.717) is 13.1 Å². The normalized spacial score (nSPS) is 19.9. The van der Waals surface area contributed by atoms with Gasteiger partial charge in [0.2, 0.25) is 0 Å². The number of benzene rings is 2. The van der Waals surface area contributed by atoms with Gasteiger partial charge in [0.15, 0.2) is 0 Å². The van der Waals surface area contributed by atoms with Gasteiger partial charge in [0.05, 0.1) is 12.0 Å². The van der Waals surface area contributed by atoms with Crippen molar-refractivity contribution in [3.63, 3.8) is 0 Å². The lowest BCUT2D eigenvalue weighted by Gasteiger charge is -2.34. The SMILES string of the molecule is CC1NC(=O)Nc2ccc(Nc3ccc(N4CCC(C(F)(F)F)CC4)cc3)cc21. The van der Waals surface area contributed by atoms with Gasteiger partial charge >= 0.3 is 12.2 Å². The van der Waals surface area contributed by atoms with Crippen LogP contribution >= 0.6 is 0 Å². The molecular weight excluding hydrogens is 381 g/mol. The van der Waals surface area contributed by atoms with E-state index in [9.17, 15) is 18.0 Å². The molecule has 29 heavy (non-hydrogen) atoms. The molecule has 0 saturated carbocycles. The van der Waals surface area contributed by atoms with Gasteiger partial charge in [-0.05, 0) is 67.8 Å². The summed E-state index contributed by atoms with van der Waals surface area (Å²) in [6.45, 7) is 2.76. The molecule has 4 rings (SSSR count). The highest BCUT2D eigenvalue weighted by atomic mass is 19.4.